The number of aryl methyl sites for hydroxylation is 1. The van der Waals surface area contributed by atoms with E-state index in [0.29, 0.717) is 5.92 Å². The Kier molecular flexibility index (Phi) is 3.87. The zero-order valence-corrected chi connectivity index (χ0v) is 14.0. The van der Waals surface area contributed by atoms with Gasteiger partial charge in [-0.2, -0.15) is 0 Å². The monoisotopic (exact) mass is 317 g/mol. The molecule has 2 heterocycles. The van der Waals surface area contributed by atoms with E-state index in [9.17, 15) is 0 Å². The van der Waals surface area contributed by atoms with Gasteiger partial charge in [0, 0.05) is 4.88 Å². The Morgan fingerprint density at radius 1 is 1.29 bits per heavy atom. The lowest BCUT2D eigenvalue weighted by molar-refractivity contribution is 0.554. The number of thiophene rings is 1. The second-order valence-corrected chi connectivity index (χ2v) is 7.74. The molecule has 2 aromatic heterocycles. The minimum absolute atomic E-state index is 0.268. The van der Waals surface area contributed by atoms with E-state index < -0.39 is 0 Å². The fourth-order valence-corrected chi connectivity index (χ4v) is 4.24. The predicted octanol–water partition coefficient (Wildman–Crippen LogP) is 5.06. The van der Waals surface area contributed by atoms with Crippen LogP contribution in [0.5, 0.6) is 0 Å². The van der Waals surface area contributed by atoms with Crippen molar-refractivity contribution in [1.82, 2.24) is 4.98 Å². The first-order valence-electron chi connectivity index (χ1n) is 7.01. The highest BCUT2D eigenvalue weighted by Gasteiger charge is 2.18. The average Bonchev–Trinajstić information content (AvgIpc) is 3.03. The number of rotatable bonds is 4. The van der Waals surface area contributed by atoms with Crippen LogP contribution in [0.2, 0.25) is 0 Å². The second kappa shape index (κ2) is 5.66. The third kappa shape index (κ3) is 2.89. The van der Waals surface area contributed by atoms with Crippen molar-refractivity contribution >= 4 is 44.3 Å². The Bertz CT molecular complexity index is 744. The molecule has 0 aliphatic heterocycles. The summed E-state index contributed by atoms with van der Waals surface area (Å²) < 4.78 is 1.15. The zero-order chi connectivity index (χ0) is 15.0. The molecule has 0 radical (unpaired) electrons. The number of nitrogen functional groups attached to an aromatic ring is 1. The fraction of sp³-hybridized carbons (Fsp3) is 0.312. The van der Waals surface area contributed by atoms with E-state index in [-0.39, 0.29) is 6.04 Å². The highest BCUT2D eigenvalue weighted by molar-refractivity contribution is 7.18. The molecule has 0 saturated carbocycles. The molecule has 0 fully saturated rings. The average molecular weight is 317 g/mol. The number of nitrogens with two attached hydrogens (primary N) is 1. The first-order valence-corrected chi connectivity index (χ1v) is 8.71. The van der Waals surface area contributed by atoms with Gasteiger partial charge in [-0.05, 0) is 36.4 Å². The third-order valence-corrected chi connectivity index (χ3v) is 5.38. The molecule has 0 aliphatic carbocycles. The molecular weight excluding hydrogens is 298 g/mol. The number of nitrogens with one attached hydrogen (secondary N) is 1. The Hall–Kier alpha value is -1.59. The summed E-state index contributed by atoms with van der Waals surface area (Å²) in [7, 11) is 0. The molecule has 110 valence electrons. The van der Waals surface area contributed by atoms with Gasteiger partial charge in [0.05, 0.1) is 32.6 Å². The van der Waals surface area contributed by atoms with Gasteiger partial charge in [0.2, 0.25) is 0 Å². The van der Waals surface area contributed by atoms with Crippen LogP contribution in [0.15, 0.2) is 29.6 Å². The lowest BCUT2D eigenvalue weighted by Crippen LogP contribution is -2.16. The minimum Gasteiger partial charge on any atom is -0.397 e. The topological polar surface area (TPSA) is 50.9 Å². The fourth-order valence-electron chi connectivity index (χ4n) is 2.43. The van der Waals surface area contributed by atoms with Crippen LogP contribution in [0.4, 0.5) is 11.4 Å². The van der Waals surface area contributed by atoms with Crippen molar-refractivity contribution in [3.05, 3.63) is 39.5 Å². The van der Waals surface area contributed by atoms with Gasteiger partial charge < -0.3 is 11.1 Å². The smallest absolute Gasteiger partial charge is 0.0907 e. The number of hydrogen-bond acceptors (Lipinski definition) is 5. The van der Waals surface area contributed by atoms with Crippen molar-refractivity contribution in [2.75, 3.05) is 11.1 Å². The highest BCUT2D eigenvalue weighted by atomic mass is 32.1. The van der Waals surface area contributed by atoms with Gasteiger partial charge in [0.1, 0.15) is 0 Å². The summed E-state index contributed by atoms with van der Waals surface area (Å²) in [5, 5.41) is 6.78. The van der Waals surface area contributed by atoms with Crippen molar-refractivity contribution in [2.24, 2.45) is 5.92 Å². The van der Waals surface area contributed by atoms with Crippen molar-refractivity contribution in [2.45, 2.75) is 26.8 Å². The van der Waals surface area contributed by atoms with E-state index in [4.69, 9.17) is 5.73 Å². The predicted molar refractivity (Wildman–Crippen MR) is 94.3 cm³/mol. The maximum atomic E-state index is 6.22. The van der Waals surface area contributed by atoms with Crippen LogP contribution in [0.25, 0.3) is 10.2 Å². The Labute approximate surface area is 132 Å². The van der Waals surface area contributed by atoms with E-state index in [1.54, 1.807) is 22.7 Å². The Morgan fingerprint density at radius 3 is 2.76 bits per heavy atom. The van der Waals surface area contributed by atoms with E-state index in [1.165, 1.54) is 4.88 Å². The number of thiazole rings is 1. The van der Waals surface area contributed by atoms with Crippen molar-refractivity contribution in [3.8, 4) is 0 Å². The Morgan fingerprint density at radius 2 is 2.10 bits per heavy atom. The summed E-state index contributed by atoms with van der Waals surface area (Å²) in [6.07, 6.45) is 0. The molecule has 1 atom stereocenters. The van der Waals surface area contributed by atoms with Crippen LogP contribution in [0, 0.1) is 12.8 Å². The molecule has 3 N–H and O–H groups in total. The molecule has 0 aliphatic rings. The molecule has 1 aromatic carbocycles. The number of fused-ring (bicyclic) bond motifs is 1. The normalized spacial score (nSPS) is 13.0. The molecule has 0 saturated heterocycles. The summed E-state index contributed by atoms with van der Waals surface area (Å²) in [4.78, 5) is 5.89. The van der Waals surface area contributed by atoms with Gasteiger partial charge in [-0.1, -0.05) is 19.9 Å². The molecule has 3 aromatic rings. The van der Waals surface area contributed by atoms with Crippen molar-refractivity contribution < 1.29 is 0 Å². The molecule has 0 amide bonds. The van der Waals surface area contributed by atoms with Gasteiger partial charge in [-0.3, -0.25) is 0 Å². The first-order chi connectivity index (χ1) is 10.0. The lowest BCUT2D eigenvalue weighted by atomic mass is 10.0. The largest absolute Gasteiger partial charge is 0.397 e. The molecule has 21 heavy (non-hydrogen) atoms. The van der Waals surface area contributed by atoms with Gasteiger partial charge in [0.25, 0.3) is 0 Å². The van der Waals surface area contributed by atoms with Crippen LogP contribution in [0.1, 0.15) is 29.8 Å². The third-order valence-electron chi connectivity index (χ3n) is 3.49. The second-order valence-electron chi connectivity index (χ2n) is 5.52. The highest BCUT2D eigenvalue weighted by Crippen LogP contribution is 2.35. The van der Waals surface area contributed by atoms with Crippen LogP contribution in [-0.2, 0) is 0 Å². The first kappa shape index (κ1) is 14.4. The van der Waals surface area contributed by atoms with Gasteiger partial charge in [0.15, 0.2) is 0 Å². The summed E-state index contributed by atoms with van der Waals surface area (Å²) >= 11 is 3.46. The van der Waals surface area contributed by atoms with Gasteiger partial charge in [-0.15, -0.1) is 22.7 Å². The minimum atomic E-state index is 0.268. The number of aromatic nitrogens is 1. The van der Waals surface area contributed by atoms with Crippen LogP contribution < -0.4 is 11.1 Å². The van der Waals surface area contributed by atoms with E-state index in [1.807, 2.05) is 13.0 Å². The lowest BCUT2D eigenvalue weighted by Gasteiger charge is -2.23. The van der Waals surface area contributed by atoms with Gasteiger partial charge in [-0.25, -0.2) is 4.98 Å². The number of anilines is 2. The zero-order valence-electron chi connectivity index (χ0n) is 12.4. The maximum Gasteiger partial charge on any atom is 0.0907 e. The standard InChI is InChI=1S/C16H19N3S2/c1-9(2)16(14-5-4-6-20-14)19-12-8-13-15(7-11(12)17)21-10(3)18-13/h4-9,16,19H,17H2,1-3H3. The molecule has 5 heteroatoms. The quantitative estimate of drug-likeness (QED) is 0.661. The van der Waals surface area contributed by atoms with Crippen molar-refractivity contribution in [3.63, 3.8) is 0 Å². The summed E-state index contributed by atoms with van der Waals surface area (Å²) in [6.45, 7) is 6.47. The number of hydrogen-bond donors (Lipinski definition) is 2. The van der Waals surface area contributed by atoms with Crippen molar-refractivity contribution in [1.29, 1.82) is 0 Å². The Balaban J connectivity index is 1.97. The molecule has 0 bridgehead atoms. The van der Waals surface area contributed by atoms with Crippen LogP contribution >= 0.6 is 22.7 Å². The summed E-state index contributed by atoms with van der Waals surface area (Å²) in [6, 6.07) is 8.62. The molecule has 0 spiro atoms. The molecule has 1 unspecified atom stereocenters. The molecular formula is C16H19N3S2. The number of nitrogens with zero attached hydrogens (tertiary/aromatic N) is 1. The van der Waals surface area contributed by atoms with Crippen LogP contribution in [0.3, 0.4) is 0 Å². The van der Waals surface area contributed by atoms with Crippen LogP contribution in [-0.4, -0.2) is 4.98 Å². The maximum absolute atomic E-state index is 6.22. The molecule has 3 rings (SSSR count). The number of benzene rings is 1. The molecule has 3 nitrogen and oxygen atoms in total. The summed E-state index contributed by atoms with van der Waals surface area (Å²) in [5.74, 6) is 0.482. The summed E-state index contributed by atoms with van der Waals surface area (Å²) in [5.41, 5.74) is 8.99. The van der Waals surface area contributed by atoms with E-state index in [2.05, 4.69) is 47.7 Å². The van der Waals surface area contributed by atoms with E-state index >= 15 is 0 Å². The van der Waals surface area contributed by atoms with Gasteiger partial charge >= 0.3 is 0 Å². The van der Waals surface area contributed by atoms with E-state index in [0.717, 1.165) is 26.6 Å². The SMILES string of the molecule is Cc1nc2cc(NC(c3cccs3)C(C)C)c(N)cc2s1.